The highest BCUT2D eigenvalue weighted by molar-refractivity contribution is 7.16. The average Bonchev–Trinajstić information content (AvgIpc) is 2.09. The number of aliphatic carboxylic acids is 1. The molecule has 0 atom stereocenters. The number of thiophene rings is 1. The predicted molar refractivity (Wildman–Crippen MR) is 45.4 cm³/mol. The summed E-state index contributed by atoms with van der Waals surface area (Å²) >= 11 is 7.09. The van der Waals surface area contributed by atoms with E-state index in [1.165, 1.54) is 11.3 Å². The van der Waals surface area contributed by atoms with E-state index in [4.69, 9.17) is 16.7 Å². The first-order valence-electron chi connectivity index (χ1n) is 3.06. The highest BCUT2D eigenvalue weighted by Crippen LogP contribution is 2.25. The van der Waals surface area contributed by atoms with E-state index in [0.29, 0.717) is 4.34 Å². The fourth-order valence-corrected chi connectivity index (χ4v) is 2.05. The molecule has 0 fully saturated rings. The molecule has 60 valence electrons. The van der Waals surface area contributed by atoms with Crippen LogP contribution in [0.5, 0.6) is 0 Å². The highest BCUT2D eigenvalue weighted by Gasteiger charge is 2.06. The van der Waals surface area contributed by atoms with Gasteiger partial charge in [-0.25, -0.2) is 0 Å². The van der Waals surface area contributed by atoms with Crippen LogP contribution in [0.4, 0.5) is 0 Å². The van der Waals surface area contributed by atoms with Crippen molar-refractivity contribution in [2.24, 2.45) is 0 Å². The number of rotatable bonds is 2. The lowest BCUT2D eigenvalue weighted by Gasteiger charge is -1.91. The minimum absolute atomic E-state index is 0.0645. The lowest BCUT2D eigenvalue weighted by Crippen LogP contribution is -1.99. The Kier molecular flexibility index (Phi) is 2.52. The van der Waals surface area contributed by atoms with Gasteiger partial charge < -0.3 is 5.11 Å². The van der Waals surface area contributed by atoms with Crippen LogP contribution < -0.4 is 0 Å². The highest BCUT2D eigenvalue weighted by atomic mass is 35.5. The van der Waals surface area contributed by atoms with E-state index in [9.17, 15) is 4.79 Å². The number of carboxylic acids is 1. The molecule has 0 spiro atoms. The summed E-state index contributed by atoms with van der Waals surface area (Å²) in [6.45, 7) is 1.87. The summed E-state index contributed by atoms with van der Waals surface area (Å²) in [5.74, 6) is -0.817. The lowest BCUT2D eigenvalue weighted by molar-refractivity contribution is -0.136. The van der Waals surface area contributed by atoms with Crippen molar-refractivity contribution in [2.75, 3.05) is 0 Å². The third-order valence-electron chi connectivity index (χ3n) is 1.33. The first-order chi connectivity index (χ1) is 5.09. The zero-order valence-electron chi connectivity index (χ0n) is 5.93. The van der Waals surface area contributed by atoms with Crippen LogP contribution >= 0.6 is 22.9 Å². The van der Waals surface area contributed by atoms with Gasteiger partial charge in [0.25, 0.3) is 0 Å². The quantitative estimate of drug-likeness (QED) is 0.778. The van der Waals surface area contributed by atoms with Crippen molar-refractivity contribution in [3.63, 3.8) is 0 Å². The number of hydrogen-bond donors (Lipinski definition) is 1. The maximum absolute atomic E-state index is 10.3. The van der Waals surface area contributed by atoms with Gasteiger partial charge in [0.2, 0.25) is 0 Å². The predicted octanol–water partition coefficient (Wildman–Crippen LogP) is 2.34. The van der Waals surface area contributed by atoms with E-state index >= 15 is 0 Å². The van der Waals surface area contributed by atoms with Gasteiger partial charge in [-0.05, 0) is 18.6 Å². The summed E-state index contributed by atoms with van der Waals surface area (Å²) in [5.41, 5.74) is 0.813. The Morgan fingerprint density at radius 1 is 1.82 bits per heavy atom. The normalized spacial score (nSPS) is 10.0. The second kappa shape index (κ2) is 3.24. The Morgan fingerprint density at radius 3 is 2.82 bits per heavy atom. The van der Waals surface area contributed by atoms with Crippen molar-refractivity contribution in [1.82, 2.24) is 0 Å². The fraction of sp³-hybridized carbons (Fsp3) is 0.286. The monoisotopic (exact) mass is 190 g/mol. The number of hydrogen-bond acceptors (Lipinski definition) is 2. The molecule has 0 saturated carbocycles. The van der Waals surface area contributed by atoms with E-state index in [-0.39, 0.29) is 6.42 Å². The van der Waals surface area contributed by atoms with E-state index in [1.807, 2.05) is 6.92 Å². The van der Waals surface area contributed by atoms with Crippen LogP contribution in [0.25, 0.3) is 0 Å². The van der Waals surface area contributed by atoms with Gasteiger partial charge in [-0.15, -0.1) is 11.3 Å². The fourth-order valence-electron chi connectivity index (χ4n) is 0.818. The molecule has 0 aliphatic heterocycles. The SMILES string of the molecule is Cc1sc(Cl)cc1CC(=O)O. The van der Waals surface area contributed by atoms with Crippen molar-refractivity contribution in [2.45, 2.75) is 13.3 Å². The molecule has 1 aromatic rings. The second-order valence-electron chi connectivity index (χ2n) is 2.20. The van der Waals surface area contributed by atoms with Crippen LogP contribution in [-0.4, -0.2) is 11.1 Å². The maximum Gasteiger partial charge on any atom is 0.307 e. The Morgan fingerprint density at radius 2 is 2.45 bits per heavy atom. The minimum Gasteiger partial charge on any atom is -0.481 e. The van der Waals surface area contributed by atoms with Crippen molar-refractivity contribution >= 4 is 28.9 Å². The molecule has 0 aliphatic rings. The standard InChI is InChI=1S/C7H7ClO2S/c1-4-5(3-7(9)10)2-6(8)11-4/h2H,3H2,1H3,(H,9,10). The van der Waals surface area contributed by atoms with Gasteiger partial charge >= 0.3 is 5.97 Å². The average molecular weight is 191 g/mol. The molecule has 1 heterocycles. The molecule has 1 N–H and O–H groups in total. The Bertz CT molecular complexity index is 280. The number of aryl methyl sites for hydroxylation is 1. The summed E-state index contributed by atoms with van der Waals surface area (Å²) in [5, 5.41) is 8.46. The zero-order chi connectivity index (χ0) is 8.43. The molecule has 0 bridgehead atoms. The largest absolute Gasteiger partial charge is 0.481 e. The van der Waals surface area contributed by atoms with Crippen molar-refractivity contribution in [3.8, 4) is 0 Å². The van der Waals surface area contributed by atoms with Gasteiger partial charge in [0.05, 0.1) is 10.8 Å². The van der Waals surface area contributed by atoms with Gasteiger partial charge in [-0.3, -0.25) is 4.79 Å². The van der Waals surface area contributed by atoms with E-state index in [1.54, 1.807) is 6.07 Å². The minimum atomic E-state index is -0.817. The molecule has 1 aromatic heterocycles. The molecule has 11 heavy (non-hydrogen) atoms. The molecule has 0 unspecified atom stereocenters. The molecular formula is C7H7ClO2S. The Balaban J connectivity index is 2.85. The molecule has 0 aromatic carbocycles. The first-order valence-corrected chi connectivity index (χ1v) is 4.25. The van der Waals surface area contributed by atoms with E-state index < -0.39 is 5.97 Å². The number of halogens is 1. The maximum atomic E-state index is 10.3. The molecule has 4 heteroatoms. The molecule has 2 nitrogen and oxygen atoms in total. The summed E-state index contributed by atoms with van der Waals surface area (Å²) in [7, 11) is 0. The van der Waals surface area contributed by atoms with E-state index in [0.717, 1.165) is 10.4 Å². The third-order valence-corrected chi connectivity index (χ3v) is 2.55. The summed E-state index contributed by atoms with van der Waals surface area (Å²) < 4.78 is 0.652. The van der Waals surface area contributed by atoms with Crippen LogP contribution in [0.2, 0.25) is 4.34 Å². The molecule has 0 radical (unpaired) electrons. The van der Waals surface area contributed by atoms with Crippen LogP contribution in [0.15, 0.2) is 6.07 Å². The van der Waals surface area contributed by atoms with Gasteiger partial charge in [0.15, 0.2) is 0 Å². The smallest absolute Gasteiger partial charge is 0.307 e. The van der Waals surface area contributed by atoms with E-state index in [2.05, 4.69) is 0 Å². The number of carboxylic acid groups (broad SMARTS) is 1. The van der Waals surface area contributed by atoms with Gasteiger partial charge in [0.1, 0.15) is 0 Å². The van der Waals surface area contributed by atoms with Crippen molar-refractivity contribution in [1.29, 1.82) is 0 Å². The molecule has 1 rings (SSSR count). The number of carbonyl (C=O) groups is 1. The first kappa shape index (κ1) is 8.56. The summed E-state index contributed by atoms with van der Waals surface area (Å²) in [4.78, 5) is 11.3. The topological polar surface area (TPSA) is 37.3 Å². The van der Waals surface area contributed by atoms with Crippen molar-refractivity contribution in [3.05, 3.63) is 20.8 Å². The van der Waals surface area contributed by atoms with Gasteiger partial charge in [-0.2, -0.15) is 0 Å². The van der Waals surface area contributed by atoms with Crippen LogP contribution in [-0.2, 0) is 11.2 Å². The van der Waals surface area contributed by atoms with Crippen LogP contribution in [0.1, 0.15) is 10.4 Å². The lowest BCUT2D eigenvalue weighted by atomic mass is 10.2. The molecule has 0 saturated heterocycles. The zero-order valence-corrected chi connectivity index (χ0v) is 7.50. The van der Waals surface area contributed by atoms with Crippen LogP contribution in [0.3, 0.4) is 0 Å². The van der Waals surface area contributed by atoms with Gasteiger partial charge in [0, 0.05) is 4.88 Å². The summed E-state index contributed by atoms with van der Waals surface area (Å²) in [6, 6.07) is 1.70. The van der Waals surface area contributed by atoms with Crippen molar-refractivity contribution < 1.29 is 9.90 Å². The third kappa shape index (κ3) is 2.20. The summed E-state index contributed by atoms with van der Waals surface area (Å²) in [6.07, 6.45) is 0.0645. The Labute approximate surface area is 73.4 Å². The molecule has 0 aliphatic carbocycles. The molecular weight excluding hydrogens is 184 g/mol. The second-order valence-corrected chi connectivity index (χ2v) is 4.09. The Hall–Kier alpha value is -0.540. The van der Waals surface area contributed by atoms with Crippen LogP contribution in [0, 0.1) is 6.92 Å². The van der Waals surface area contributed by atoms with Gasteiger partial charge in [-0.1, -0.05) is 11.6 Å². The molecule has 0 amide bonds.